The van der Waals surface area contributed by atoms with Crippen LogP contribution in [0, 0.1) is 5.92 Å². The topological polar surface area (TPSA) is 96.1 Å². The Morgan fingerprint density at radius 1 is 1.11 bits per heavy atom. The van der Waals surface area contributed by atoms with Crippen molar-refractivity contribution in [3.63, 3.8) is 0 Å². The number of hydrogen-bond donors (Lipinski definition) is 1. The average molecular weight is 522 g/mol. The lowest BCUT2D eigenvalue weighted by atomic mass is 9.87. The molecule has 3 aliphatic rings. The number of aliphatic carboxylic acids is 1. The predicted octanol–water partition coefficient (Wildman–Crippen LogP) is 5.01. The van der Waals surface area contributed by atoms with Crippen LogP contribution in [-0.2, 0) is 27.2 Å². The fourth-order valence-electron chi connectivity index (χ4n) is 6.09. The number of carboxylic acid groups (broad SMARTS) is 1. The van der Waals surface area contributed by atoms with E-state index in [1.165, 1.54) is 5.56 Å². The van der Waals surface area contributed by atoms with E-state index in [4.69, 9.17) is 9.15 Å². The molecule has 1 unspecified atom stereocenters. The second-order valence-electron chi connectivity index (χ2n) is 10.6. The van der Waals surface area contributed by atoms with Crippen LogP contribution in [0.4, 0.5) is 16.1 Å². The van der Waals surface area contributed by atoms with E-state index in [9.17, 15) is 14.7 Å². The quantitative estimate of drug-likeness (QED) is 0.467. The van der Waals surface area contributed by atoms with Crippen molar-refractivity contribution in [3.05, 3.63) is 53.6 Å². The zero-order valence-corrected chi connectivity index (χ0v) is 21.2. The van der Waals surface area contributed by atoms with E-state index in [1.807, 2.05) is 30.3 Å². The van der Waals surface area contributed by atoms with Crippen LogP contribution in [0.5, 0.6) is 0 Å². The first-order valence-corrected chi connectivity index (χ1v) is 13.5. The van der Waals surface area contributed by atoms with Crippen LogP contribution >= 0.6 is 0 Å². The Balaban J connectivity index is 1.09. The number of fused-ring (bicyclic) bond motifs is 2. The number of oxazole rings is 1. The maximum absolute atomic E-state index is 15.2. The Kier molecular flexibility index (Phi) is 6.78. The Labute approximate surface area is 220 Å². The van der Waals surface area contributed by atoms with Gasteiger partial charge in [0, 0.05) is 18.8 Å². The van der Waals surface area contributed by atoms with Crippen LogP contribution in [0.25, 0.3) is 11.1 Å². The molecule has 200 valence electrons. The van der Waals surface area contributed by atoms with E-state index < -0.39 is 18.4 Å². The summed E-state index contributed by atoms with van der Waals surface area (Å²) in [5.74, 6) is -1.31. The molecule has 9 heteroatoms. The van der Waals surface area contributed by atoms with Crippen molar-refractivity contribution in [2.75, 3.05) is 18.0 Å². The summed E-state index contributed by atoms with van der Waals surface area (Å²) >= 11 is 0. The van der Waals surface area contributed by atoms with Gasteiger partial charge in [0.05, 0.1) is 24.5 Å². The number of anilines is 2. The molecule has 1 aromatic heterocycles. The van der Waals surface area contributed by atoms with Crippen LogP contribution in [0.15, 0.2) is 46.9 Å². The third kappa shape index (κ3) is 4.87. The van der Waals surface area contributed by atoms with Crippen molar-refractivity contribution in [1.82, 2.24) is 9.88 Å². The van der Waals surface area contributed by atoms with Crippen molar-refractivity contribution in [2.45, 2.75) is 69.9 Å². The number of carbonyl (C=O) groups is 2. The summed E-state index contributed by atoms with van der Waals surface area (Å²) in [5, 5.41) is 9.17. The molecule has 1 amide bonds. The number of ether oxygens (including phenoxy) is 1. The molecule has 38 heavy (non-hydrogen) atoms. The molecule has 0 bridgehead atoms. The largest absolute Gasteiger partial charge is 0.481 e. The Hall–Kier alpha value is -3.46. The number of amides is 1. The van der Waals surface area contributed by atoms with Crippen molar-refractivity contribution in [1.29, 1.82) is 0 Å². The molecular weight excluding hydrogens is 489 g/mol. The van der Waals surface area contributed by atoms with Gasteiger partial charge in [-0.2, -0.15) is 4.98 Å². The Bertz CT molecular complexity index is 1330. The number of carboxylic acids is 1. The predicted molar refractivity (Wildman–Crippen MR) is 139 cm³/mol. The molecule has 2 aromatic carbocycles. The average Bonchev–Trinajstić information content (AvgIpc) is 3.66. The van der Waals surface area contributed by atoms with Gasteiger partial charge >= 0.3 is 12.0 Å². The van der Waals surface area contributed by atoms with Gasteiger partial charge in [-0.15, -0.1) is 0 Å². The van der Waals surface area contributed by atoms with E-state index >= 15 is 4.39 Å². The van der Waals surface area contributed by atoms with Gasteiger partial charge in [0.15, 0.2) is 5.58 Å². The summed E-state index contributed by atoms with van der Waals surface area (Å²) in [6.45, 7) is 1.31. The summed E-state index contributed by atoms with van der Waals surface area (Å²) in [5.41, 5.74) is 4.52. The highest BCUT2D eigenvalue weighted by molar-refractivity contribution is 5.82. The number of carbonyl (C=O) groups excluding carboxylic acids is 1. The summed E-state index contributed by atoms with van der Waals surface area (Å²) < 4.78 is 27.0. The van der Waals surface area contributed by atoms with Gasteiger partial charge in [0.1, 0.15) is 5.52 Å². The first-order chi connectivity index (χ1) is 18.5. The van der Waals surface area contributed by atoms with Gasteiger partial charge in [-0.3, -0.25) is 14.5 Å². The third-order valence-corrected chi connectivity index (χ3v) is 8.18. The smallest absolute Gasteiger partial charge is 0.306 e. The van der Waals surface area contributed by atoms with Crippen molar-refractivity contribution in [2.24, 2.45) is 5.92 Å². The summed E-state index contributed by atoms with van der Waals surface area (Å²) in [6, 6.07) is 13.7. The lowest BCUT2D eigenvalue weighted by molar-refractivity contribution is -0.156. The van der Waals surface area contributed by atoms with Crippen LogP contribution in [0.1, 0.15) is 49.7 Å². The van der Waals surface area contributed by atoms with Gasteiger partial charge in [0.2, 0.25) is 12.3 Å². The van der Waals surface area contributed by atoms with Crippen LogP contribution in [0.3, 0.4) is 0 Å². The molecule has 0 spiro atoms. The first-order valence-electron chi connectivity index (χ1n) is 13.5. The fourth-order valence-corrected chi connectivity index (χ4v) is 6.09. The molecule has 6 rings (SSSR count). The van der Waals surface area contributed by atoms with Crippen molar-refractivity contribution in [3.8, 4) is 0 Å². The molecule has 0 radical (unpaired) electrons. The second kappa shape index (κ2) is 10.4. The van der Waals surface area contributed by atoms with Crippen LogP contribution < -0.4 is 4.90 Å². The lowest BCUT2D eigenvalue weighted by Crippen LogP contribution is -2.44. The minimum Gasteiger partial charge on any atom is -0.481 e. The van der Waals surface area contributed by atoms with Gasteiger partial charge in [-0.05, 0) is 74.3 Å². The zero-order valence-electron chi connectivity index (χ0n) is 21.2. The number of para-hydroxylation sites is 1. The molecular formula is C29H32FN3O5. The monoisotopic (exact) mass is 521 g/mol. The lowest BCUT2D eigenvalue weighted by Gasteiger charge is -2.32. The van der Waals surface area contributed by atoms with Crippen LogP contribution in [-0.4, -0.2) is 58.5 Å². The molecule has 2 fully saturated rings. The highest BCUT2D eigenvalue weighted by Gasteiger charge is 2.38. The maximum Gasteiger partial charge on any atom is 0.306 e. The SMILES string of the molecule is O=C(Cc1ccc2nc(N3CCc4ccccc43)oc2c1)N1CCC[C@H]1C(F)O[C@H]1CC[C@H](C(=O)O)CC1. The molecule has 8 nitrogen and oxygen atoms in total. The van der Waals surface area contributed by atoms with Crippen molar-refractivity contribution < 1.29 is 28.2 Å². The summed E-state index contributed by atoms with van der Waals surface area (Å²) in [7, 11) is 0. The standard InChI is InChI=1S/C29H32FN3O5/c30-27(37-21-10-8-20(9-11-21)28(35)36)24-6-3-14-32(24)26(34)17-18-7-12-22-25(16-18)38-29(31-22)33-15-13-19-4-1-2-5-23(19)33/h1-2,4-5,7,12,16,20-21,24,27H,3,6,8-11,13-15,17H2,(H,35,36)/t20-,21-,24-,27?/m0/s1. The molecule has 1 saturated carbocycles. The number of benzene rings is 2. The van der Waals surface area contributed by atoms with Gasteiger partial charge < -0.3 is 19.2 Å². The number of alkyl halides is 1. The Morgan fingerprint density at radius 3 is 2.74 bits per heavy atom. The molecule has 2 atom stereocenters. The van der Waals surface area contributed by atoms with E-state index in [0.29, 0.717) is 50.2 Å². The Morgan fingerprint density at radius 2 is 1.92 bits per heavy atom. The number of aromatic nitrogens is 1. The minimum atomic E-state index is -1.57. The van der Waals surface area contributed by atoms with E-state index in [1.54, 1.807) is 4.90 Å². The molecule has 3 heterocycles. The third-order valence-electron chi connectivity index (χ3n) is 8.18. The number of halogens is 1. The van der Waals surface area contributed by atoms with E-state index in [0.717, 1.165) is 36.2 Å². The zero-order chi connectivity index (χ0) is 26.2. The van der Waals surface area contributed by atoms with Gasteiger partial charge in [-0.25, -0.2) is 4.39 Å². The number of likely N-dealkylation sites (tertiary alicyclic amines) is 1. The molecule has 1 N–H and O–H groups in total. The van der Waals surface area contributed by atoms with E-state index in [-0.39, 0.29) is 24.3 Å². The number of rotatable bonds is 7. The number of hydrogen-bond acceptors (Lipinski definition) is 6. The molecule has 1 aliphatic carbocycles. The highest BCUT2D eigenvalue weighted by Crippen LogP contribution is 2.36. The van der Waals surface area contributed by atoms with Crippen molar-refractivity contribution >= 4 is 34.7 Å². The maximum atomic E-state index is 15.2. The molecule has 2 aliphatic heterocycles. The molecule has 3 aromatic rings. The second-order valence-corrected chi connectivity index (χ2v) is 10.6. The van der Waals surface area contributed by atoms with E-state index in [2.05, 4.69) is 22.0 Å². The summed E-state index contributed by atoms with van der Waals surface area (Å²) in [4.78, 5) is 32.7. The minimum absolute atomic E-state index is 0.138. The first kappa shape index (κ1) is 24.9. The normalized spacial score (nSPS) is 24.1. The van der Waals surface area contributed by atoms with Gasteiger partial charge in [-0.1, -0.05) is 24.3 Å². The number of nitrogens with zero attached hydrogens (tertiary/aromatic N) is 3. The fraction of sp³-hybridized carbons (Fsp3) is 0.483. The van der Waals surface area contributed by atoms with Gasteiger partial charge in [0.25, 0.3) is 0 Å². The highest BCUT2D eigenvalue weighted by atomic mass is 19.1. The molecule has 1 saturated heterocycles. The van der Waals surface area contributed by atoms with Crippen LogP contribution in [0.2, 0.25) is 0 Å². The summed E-state index contributed by atoms with van der Waals surface area (Å²) in [6.07, 6.45) is 2.54.